The number of carbonyl (C=O) groups excluding carboxylic acids is 1. The molecule has 0 aliphatic carbocycles. The number of rotatable bonds is 5. The third kappa shape index (κ3) is 3.20. The van der Waals surface area contributed by atoms with Crippen LogP contribution in [0, 0.1) is 11.3 Å². The molecule has 0 saturated carbocycles. The van der Waals surface area contributed by atoms with Crippen LogP contribution in [0.4, 0.5) is 0 Å². The summed E-state index contributed by atoms with van der Waals surface area (Å²) in [7, 11) is 3.16. The maximum absolute atomic E-state index is 12.0. The van der Waals surface area contributed by atoms with Crippen LogP contribution in [0.15, 0.2) is 28.8 Å². The average Bonchev–Trinajstić information content (AvgIpc) is 2.54. The molecule has 0 spiro atoms. The van der Waals surface area contributed by atoms with Crippen molar-refractivity contribution in [2.45, 2.75) is 19.3 Å². The van der Waals surface area contributed by atoms with Crippen molar-refractivity contribution in [3.05, 3.63) is 34.4 Å². The van der Waals surface area contributed by atoms with Crippen molar-refractivity contribution in [1.29, 1.82) is 5.26 Å². The summed E-state index contributed by atoms with van der Waals surface area (Å²) in [6.45, 7) is 1.98. The second-order valence-electron chi connectivity index (χ2n) is 4.70. The van der Waals surface area contributed by atoms with Crippen molar-refractivity contribution in [3.8, 4) is 17.6 Å². The molecule has 1 atom stereocenters. The van der Waals surface area contributed by atoms with Crippen LogP contribution in [-0.4, -0.2) is 25.9 Å². The Bertz CT molecular complexity index is 649. The quantitative estimate of drug-likeness (QED) is 0.904. The van der Waals surface area contributed by atoms with Gasteiger partial charge in [0.05, 0.1) is 30.9 Å². The van der Waals surface area contributed by atoms with Gasteiger partial charge < -0.3 is 14.8 Å². The van der Waals surface area contributed by atoms with Crippen LogP contribution in [0.3, 0.4) is 0 Å². The van der Waals surface area contributed by atoms with Crippen molar-refractivity contribution < 1.29 is 14.3 Å². The second-order valence-corrected chi connectivity index (χ2v) is 5.97. The normalized spacial score (nSPS) is 17.7. The van der Waals surface area contributed by atoms with Gasteiger partial charge in [-0.1, -0.05) is 6.92 Å². The molecule has 1 aromatic rings. The number of thioether (sulfide) groups is 1. The van der Waals surface area contributed by atoms with Gasteiger partial charge >= 0.3 is 0 Å². The van der Waals surface area contributed by atoms with Crippen LogP contribution in [-0.2, 0) is 4.79 Å². The Kier molecular flexibility index (Phi) is 5.34. The van der Waals surface area contributed by atoms with Gasteiger partial charge in [-0.25, -0.2) is 0 Å². The van der Waals surface area contributed by atoms with E-state index in [1.165, 1.54) is 11.8 Å². The molecule has 0 unspecified atom stereocenters. The number of carbonyl (C=O) groups is 1. The molecule has 0 bridgehead atoms. The molecule has 1 aliphatic rings. The van der Waals surface area contributed by atoms with Gasteiger partial charge in [-0.2, -0.15) is 5.26 Å². The Hall–Kier alpha value is -2.13. The summed E-state index contributed by atoms with van der Waals surface area (Å²) in [6.07, 6.45) is 0.222. The number of hydrogen-bond donors (Lipinski definition) is 1. The Balaban J connectivity index is 2.56. The summed E-state index contributed by atoms with van der Waals surface area (Å²) in [6, 6.07) is 7.66. The number of hydrogen-bond acceptors (Lipinski definition) is 5. The zero-order valence-corrected chi connectivity index (χ0v) is 13.6. The molecule has 1 N–H and O–H groups in total. The van der Waals surface area contributed by atoms with E-state index in [0.29, 0.717) is 22.1 Å². The first-order chi connectivity index (χ1) is 10.6. The summed E-state index contributed by atoms with van der Waals surface area (Å²) >= 11 is 1.46. The largest absolute Gasteiger partial charge is 0.497 e. The van der Waals surface area contributed by atoms with Gasteiger partial charge in [0.2, 0.25) is 5.91 Å². The van der Waals surface area contributed by atoms with E-state index in [2.05, 4.69) is 11.4 Å². The molecular formula is C16H18N2O3S. The Morgan fingerprint density at radius 3 is 2.77 bits per heavy atom. The second kappa shape index (κ2) is 7.23. The van der Waals surface area contributed by atoms with Gasteiger partial charge in [0.15, 0.2) is 0 Å². The van der Waals surface area contributed by atoms with E-state index in [9.17, 15) is 10.1 Å². The molecule has 2 rings (SSSR count). The van der Waals surface area contributed by atoms with Gasteiger partial charge in [-0.05, 0) is 24.0 Å². The Labute approximate surface area is 134 Å². The third-order valence-electron chi connectivity index (χ3n) is 3.46. The molecule has 22 heavy (non-hydrogen) atoms. The molecular weight excluding hydrogens is 300 g/mol. The number of nitriles is 1. The van der Waals surface area contributed by atoms with E-state index < -0.39 is 0 Å². The van der Waals surface area contributed by atoms with Gasteiger partial charge in [0.1, 0.15) is 11.5 Å². The fourth-order valence-electron chi connectivity index (χ4n) is 2.45. The van der Waals surface area contributed by atoms with Crippen molar-refractivity contribution in [1.82, 2.24) is 5.32 Å². The lowest BCUT2D eigenvalue weighted by molar-refractivity contribution is -0.120. The molecule has 0 radical (unpaired) electrons. The maximum atomic E-state index is 12.0. The molecule has 0 fully saturated rings. The lowest BCUT2D eigenvalue weighted by Crippen LogP contribution is -2.31. The molecule has 1 amide bonds. The summed E-state index contributed by atoms with van der Waals surface area (Å²) in [4.78, 5) is 12.0. The standard InChI is InChI=1S/C16H18N2O3S/c1-4-22-16-13(9-17)11(8-15(19)18-16)12-7-10(20-2)5-6-14(12)21-3/h5-7,11H,4,8H2,1-3H3,(H,18,19)/t11-/m0/s1. The number of nitrogens with zero attached hydrogens (tertiary/aromatic N) is 1. The SMILES string of the molecule is CCSC1=C(C#N)[C@H](c2cc(OC)ccc2OC)CC(=O)N1. The number of methoxy groups -OCH3 is 2. The summed E-state index contributed by atoms with van der Waals surface area (Å²) in [5, 5.41) is 13.0. The van der Waals surface area contributed by atoms with E-state index in [1.54, 1.807) is 26.4 Å². The Morgan fingerprint density at radius 1 is 1.41 bits per heavy atom. The van der Waals surface area contributed by atoms with E-state index in [1.807, 2.05) is 13.0 Å². The topological polar surface area (TPSA) is 71.3 Å². The number of ether oxygens (including phenoxy) is 2. The minimum atomic E-state index is -0.321. The lowest BCUT2D eigenvalue weighted by atomic mass is 9.86. The van der Waals surface area contributed by atoms with Crippen molar-refractivity contribution in [2.24, 2.45) is 0 Å². The maximum Gasteiger partial charge on any atom is 0.225 e. The highest BCUT2D eigenvalue weighted by atomic mass is 32.2. The molecule has 1 heterocycles. The van der Waals surface area contributed by atoms with Crippen molar-refractivity contribution in [3.63, 3.8) is 0 Å². The van der Waals surface area contributed by atoms with Crippen LogP contribution in [0.2, 0.25) is 0 Å². The fourth-order valence-corrected chi connectivity index (χ4v) is 3.27. The van der Waals surface area contributed by atoms with Gasteiger partial charge in [0, 0.05) is 17.9 Å². The van der Waals surface area contributed by atoms with Gasteiger partial charge in [0.25, 0.3) is 0 Å². The minimum absolute atomic E-state index is 0.0928. The van der Waals surface area contributed by atoms with Gasteiger partial charge in [-0.15, -0.1) is 11.8 Å². The predicted molar refractivity (Wildman–Crippen MR) is 85.8 cm³/mol. The summed E-state index contributed by atoms with van der Waals surface area (Å²) in [5.41, 5.74) is 1.36. The molecule has 6 heteroatoms. The minimum Gasteiger partial charge on any atom is -0.497 e. The van der Waals surface area contributed by atoms with E-state index in [0.717, 1.165) is 11.3 Å². The van der Waals surface area contributed by atoms with E-state index in [-0.39, 0.29) is 18.2 Å². The smallest absolute Gasteiger partial charge is 0.225 e. The van der Waals surface area contributed by atoms with Crippen LogP contribution in [0.25, 0.3) is 0 Å². The summed E-state index contributed by atoms with van der Waals surface area (Å²) in [5.74, 6) is 1.68. The van der Waals surface area contributed by atoms with Crippen LogP contribution in [0.5, 0.6) is 11.5 Å². The number of allylic oxidation sites excluding steroid dienone is 1. The first-order valence-electron chi connectivity index (χ1n) is 6.93. The van der Waals surface area contributed by atoms with Crippen LogP contribution < -0.4 is 14.8 Å². The third-order valence-corrected chi connectivity index (χ3v) is 4.36. The molecule has 5 nitrogen and oxygen atoms in total. The Morgan fingerprint density at radius 2 is 2.18 bits per heavy atom. The number of nitrogens with one attached hydrogen (secondary N) is 1. The van der Waals surface area contributed by atoms with Crippen LogP contribution in [0.1, 0.15) is 24.8 Å². The lowest BCUT2D eigenvalue weighted by Gasteiger charge is -2.26. The van der Waals surface area contributed by atoms with Gasteiger partial charge in [-0.3, -0.25) is 4.79 Å². The molecule has 0 aromatic heterocycles. The first kappa shape index (κ1) is 16.2. The average molecular weight is 318 g/mol. The number of amides is 1. The number of benzene rings is 1. The molecule has 1 aliphatic heterocycles. The van der Waals surface area contributed by atoms with Crippen molar-refractivity contribution >= 4 is 17.7 Å². The molecule has 116 valence electrons. The fraction of sp³-hybridized carbons (Fsp3) is 0.375. The zero-order chi connectivity index (χ0) is 16.1. The first-order valence-corrected chi connectivity index (χ1v) is 7.92. The van der Waals surface area contributed by atoms with E-state index in [4.69, 9.17) is 9.47 Å². The highest BCUT2D eigenvalue weighted by Crippen LogP contribution is 2.41. The molecule has 1 aromatic carbocycles. The van der Waals surface area contributed by atoms with Crippen LogP contribution >= 0.6 is 11.8 Å². The predicted octanol–water partition coefficient (Wildman–Crippen LogP) is 2.80. The highest BCUT2D eigenvalue weighted by Gasteiger charge is 2.31. The van der Waals surface area contributed by atoms with E-state index >= 15 is 0 Å². The zero-order valence-electron chi connectivity index (χ0n) is 12.8. The van der Waals surface area contributed by atoms with Crippen molar-refractivity contribution in [2.75, 3.05) is 20.0 Å². The monoisotopic (exact) mass is 318 g/mol. The highest BCUT2D eigenvalue weighted by molar-refractivity contribution is 8.03. The molecule has 0 saturated heterocycles. The summed E-state index contributed by atoms with van der Waals surface area (Å²) < 4.78 is 10.7.